The van der Waals surface area contributed by atoms with E-state index < -0.39 is 0 Å². The Hall–Kier alpha value is -3.60. The highest BCUT2D eigenvalue weighted by molar-refractivity contribution is 5.91. The van der Waals surface area contributed by atoms with Gasteiger partial charge >= 0.3 is 0 Å². The molecule has 1 aliphatic heterocycles. The molecule has 0 radical (unpaired) electrons. The Kier molecular flexibility index (Phi) is 5.63. The second-order valence-electron chi connectivity index (χ2n) is 8.77. The van der Waals surface area contributed by atoms with Crippen molar-refractivity contribution in [1.82, 2.24) is 19.8 Å². The van der Waals surface area contributed by atoms with Crippen molar-refractivity contribution in [2.75, 3.05) is 38.5 Å². The number of hydrogen-bond acceptors (Lipinski definition) is 6. The lowest BCUT2D eigenvalue weighted by Crippen LogP contribution is -2.43. The first-order valence-electron chi connectivity index (χ1n) is 11.3. The number of aromatic amines is 1. The molecule has 1 aliphatic rings. The lowest BCUT2D eigenvalue weighted by atomic mass is 10.0. The number of anilines is 2. The fourth-order valence-electron chi connectivity index (χ4n) is 4.50. The summed E-state index contributed by atoms with van der Waals surface area (Å²) in [5.74, 6) is 1.65. The van der Waals surface area contributed by atoms with Crippen LogP contribution in [0.2, 0.25) is 0 Å². The van der Waals surface area contributed by atoms with Crippen LogP contribution in [0.3, 0.4) is 0 Å². The molecule has 0 aliphatic carbocycles. The summed E-state index contributed by atoms with van der Waals surface area (Å²) >= 11 is 0. The smallest absolute Gasteiger partial charge is 0.138 e. The monoisotopic (exact) mass is 440 g/mol. The van der Waals surface area contributed by atoms with Crippen molar-refractivity contribution in [3.05, 3.63) is 65.3 Å². The van der Waals surface area contributed by atoms with Crippen LogP contribution in [0.15, 0.2) is 47.1 Å². The largest absolute Gasteiger partial charge is 0.460 e. The molecule has 1 saturated heterocycles. The molecular weight excluding hydrogens is 412 g/mol. The molecule has 168 valence electrons. The molecule has 33 heavy (non-hydrogen) atoms. The van der Waals surface area contributed by atoms with Crippen LogP contribution in [0.5, 0.6) is 0 Å². The summed E-state index contributed by atoms with van der Waals surface area (Å²) in [4.78, 5) is 12.5. The number of furan rings is 1. The third-order valence-electron chi connectivity index (χ3n) is 6.54. The molecule has 1 fully saturated rings. The summed E-state index contributed by atoms with van der Waals surface area (Å²) in [5.41, 5.74) is 6.02. The number of likely N-dealkylation sites (N-methyl/N-ethyl adjacent to an activating group) is 1. The van der Waals surface area contributed by atoms with Crippen molar-refractivity contribution in [3.63, 3.8) is 0 Å². The summed E-state index contributed by atoms with van der Waals surface area (Å²) in [6.45, 7) is 9.02. The number of fused-ring (bicyclic) bond motifs is 1. The van der Waals surface area contributed by atoms with Gasteiger partial charge in [-0.2, -0.15) is 5.26 Å². The minimum absolute atomic E-state index is 0.487. The molecule has 1 aromatic carbocycles. The topological polar surface area (TPSA) is 84.1 Å². The van der Waals surface area contributed by atoms with Crippen LogP contribution < -0.4 is 5.32 Å². The van der Waals surface area contributed by atoms with Crippen LogP contribution in [0.1, 0.15) is 22.6 Å². The van der Waals surface area contributed by atoms with Crippen LogP contribution in [-0.2, 0) is 6.54 Å². The van der Waals surface area contributed by atoms with E-state index in [2.05, 4.69) is 51.2 Å². The lowest BCUT2D eigenvalue weighted by molar-refractivity contribution is 0.140. The zero-order valence-corrected chi connectivity index (χ0v) is 19.3. The molecule has 0 atom stereocenters. The molecule has 0 unspecified atom stereocenters. The number of benzene rings is 1. The molecule has 0 saturated carbocycles. The predicted octanol–water partition coefficient (Wildman–Crippen LogP) is 4.80. The number of nitriles is 1. The molecule has 0 amide bonds. The molecule has 0 spiro atoms. The Morgan fingerprint density at radius 3 is 2.73 bits per heavy atom. The Morgan fingerprint density at radius 2 is 1.94 bits per heavy atom. The van der Waals surface area contributed by atoms with Gasteiger partial charge in [-0.25, -0.2) is 0 Å². The summed E-state index contributed by atoms with van der Waals surface area (Å²) in [6, 6.07) is 12.5. The zero-order chi connectivity index (χ0) is 22.9. The van der Waals surface area contributed by atoms with Crippen molar-refractivity contribution in [2.24, 2.45) is 0 Å². The average Bonchev–Trinajstić information content (AvgIpc) is 3.47. The Bertz CT molecular complexity index is 1340. The number of hydrogen-bond donors (Lipinski definition) is 2. The van der Waals surface area contributed by atoms with Crippen molar-refractivity contribution < 1.29 is 4.42 Å². The summed E-state index contributed by atoms with van der Waals surface area (Å²) in [6.07, 6.45) is 3.56. The highest BCUT2D eigenvalue weighted by atomic mass is 16.3. The maximum absolute atomic E-state index is 9.83. The van der Waals surface area contributed by atoms with E-state index in [1.54, 1.807) is 6.20 Å². The first-order chi connectivity index (χ1) is 16.0. The first kappa shape index (κ1) is 21.3. The molecule has 3 aromatic heterocycles. The van der Waals surface area contributed by atoms with Gasteiger partial charge in [0.2, 0.25) is 0 Å². The molecule has 4 aromatic rings. The van der Waals surface area contributed by atoms with Crippen LogP contribution in [0.4, 0.5) is 11.4 Å². The number of rotatable bonds is 5. The van der Waals surface area contributed by atoms with E-state index in [1.165, 1.54) is 0 Å². The third-order valence-corrected chi connectivity index (χ3v) is 6.54. The fourth-order valence-corrected chi connectivity index (χ4v) is 4.50. The number of aryl methyl sites for hydroxylation is 2. The van der Waals surface area contributed by atoms with Gasteiger partial charge in [0, 0.05) is 55.2 Å². The zero-order valence-electron chi connectivity index (χ0n) is 19.3. The molecule has 0 bridgehead atoms. The minimum Gasteiger partial charge on any atom is -0.460 e. The van der Waals surface area contributed by atoms with Crippen LogP contribution in [0, 0.1) is 25.2 Å². The van der Waals surface area contributed by atoms with Gasteiger partial charge in [-0.1, -0.05) is 0 Å². The molecule has 7 heteroatoms. The van der Waals surface area contributed by atoms with Gasteiger partial charge in [0.05, 0.1) is 29.1 Å². The SMILES string of the molecule is Cc1ncc(C#N)c(Nc2ccc3[nH]ccc3c2C)c1-c1ccc(CN2CCN(C)CC2)o1. The van der Waals surface area contributed by atoms with Gasteiger partial charge in [0.15, 0.2) is 0 Å². The van der Waals surface area contributed by atoms with E-state index in [0.717, 1.165) is 83.3 Å². The minimum atomic E-state index is 0.487. The lowest BCUT2D eigenvalue weighted by Gasteiger charge is -2.31. The fraction of sp³-hybridized carbons (Fsp3) is 0.308. The van der Waals surface area contributed by atoms with Crippen molar-refractivity contribution in [2.45, 2.75) is 20.4 Å². The molecule has 5 rings (SSSR count). The van der Waals surface area contributed by atoms with E-state index in [4.69, 9.17) is 4.42 Å². The number of nitrogens with zero attached hydrogens (tertiary/aromatic N) is 4. The van der Waals surface area contributed by atoms with Gasteiger partial charge < -0.3 is 19.6 Å². The summed E-state index contributed by atoms with van der Waals surface area (Å²) < 4.78 is 6.30. The van der Waals surface area contributed by atoms with E-state index in [-0.39, 0.29) is 0 Å². The number of pyridine rings is 1. The molecule has 4 heterocycles. The standard InChI is InChI=1S/C26H28N6O/c1-17-21-8-9-28-23(21)6-5-22(17)30-26-19(14-27)15-29-18(2)25(26)24-7-4-20(33-24)16-32-12-10-31(3)11-13-32/h4-9,15,28H,10-13,16H2,1-3H3,(H,29,30). The van der Waals surface area contributed by atoms with E-state index in [9.17, 15) is 5.26 Å². The van der Waals surface area contributed by atoms with Gasteiger partial charge in [0.1, 0.15) is 17.6 Å². The predicted molar refractivity (Wildman–Crippen MR) is 130 cm³/mol. The van der Waals surface area contributed by atoms with E-state index in [1.807, 2.05) is 37.4 Å². The molecular formula is C26H28N6O. The van der Waals surface area contributed by atoms with Gasteiger partial charge in [-0.05, 0) is 56.8 Å². The summed E-state index contributed by atoms with van der Waals surface area (Å²) in [5, 5.41) is 14.5. The maximum atomic E-state index is 9.83. The Labute approximate surface area is 193 Å². The van der Waals surface area contributed by atoms with Gasteiger partial charge in [-0.3, -0.25) is 9.88 Å². The second kappa shape index (κ2) is 8.74. The maximum Gasteiger partial charge on any atom is 0.138 e. The number of piperazine rings is 1. The Morgan fingerprint density at radius 1 is 1.12 bits per heavy atom. The number of aromatic nitrogens is 2. The van der Waals surface area contributed by atoms with Gasteiger partial charge in [0.25, 0.3) is 0 Å². The summed E-state index contributed by atoms with van der Waals surface area (Å²) in [7, 11) is 2.16. The first-order valence-corrected chi connectivity index (χ1v) is 11.3. The highest BCUT2D eigenvalue weighted by Gasteiger charge is 2.20. The molecule has 2 N–H and O–H groups in total. The van der Waals surface area contributed by atoms with Crippen molar-refractivity contribution >= 4 is 22.3 Å². The Balaban J connectivity index is 1.50. The third kappa shape index (κ3) is 4.11. The normalized spacial score (nSPS) is 15.1. The van der Waals surface area contributed by atoms with E-state index in [0.29, 0.717) is 5.56 Å². The van der Waals surface area contributed by atoms with Crippen LogP contribution in [-0.4, -0.2) is 53.0 Å². The van der Waals surface area contributed by atoms with Crippen molar-refractivity contribution in [3.8, 4) is 17.4 Å². The second-order valence-corrected chi connectivity index (χ2v) is 8.77. The number of H-pyrrole nitrogens is 1. The van der Waals surface area contributed by atoms with E-state index >= 15 is 0 Å². The average molecular weight is 441 g/mol. The quantitative estimate of drug-likeness (QED) is 0.464. The highest BCUT2D eigenvalue weighted by Crippen LogP contribution is 2.37. The number of nitrogens with one attached hydrogen (secondary N) is 2. The van der Waals surface area contributed by atoms with Crippen LogP contribution >= 0.6 is 0 Å². The molecule has 7 nitrogen and oxygen atoms in total. The van der Waals surface area contributed by atoms with Crippen molar-refractivity contribution in [1.29, 1.82) is 5.26 Å². The van der Waals surface area contributed by atoms with Crippen LogP contribution in [0.25, 0.3) is 22.2 Å². The van der Waals surface area contributed by atoms with Gasteiger partial charge in [-0.15, -0.1) is 0 Å².